The van der Waals surface area contributed by atoms with Crippen molar-refractivity contribution in [1.29, 1.82) is 0 Å². The molecule has 0 unspecified atom stereocenters. The zero-order valence-electron chi connectivity index (χ0n) is 16.7. The predicted molar refractivity (Wildman–Crippen MR) is 116 cm³/mol. The van der Waals surface area contributed by atoms with Gasteiger partial charge in [0.15, 0.2) is 0 Å². The second-order valence-electron chi connectivity index (χ2n) is 7.71. The van der Waals surface area contributed by atoms with E-state index >= 15 is 0 Å². The van der Waals surface area contributed by atoms with Crippen LogP contribution >= 0.6 is 11.8 Å². The number of anilines is 1. The number of hydrogen-bond acceptors (Lipinski definition) is 5. The zero-order valence-corrected chi connectivity index (χ0v) is 21.5. The third-order valence-corrected chi connectivity index (χ3v) is 8.16. The monoisotopic (exact) mass is 448 g/mol. The Morgan fingerprint density at radius 1 is 1.14 bits per heavy atom. The fraction of sp³-hybridized carbons (Fsp3) is 0.632. The number of benzene rings is 1. The third kappa shape index (κ3) is 4.82. The van der Waals surface area contributed by atoms with Crippen molar-refractivity contribution in [2.45, 2.75) is 43.8 Å². The molecule has 2 aliphatic carbocycles. The number of carbonyl (C=O) groups is 1. The SMILES string of the molecule is CSCCN1CC(S(=O)(=O)NC(=O)Nc2c3c(cc4c2CCC4)CCC3)C1.[K]. The molecular weight excluding hydrogens is 421 g/mol. The summed E-state index contributed by atoms with van der Waals surface area (Å²) in [6.07, 6.45) is 8.24. The molecule has 0 atom stereocenters. The van der Waals surface area contributed by atoms with E-state index in [9.17, 15) is 13.2 Å². The number of aryl methyl sites for hydroxylation is 2. The molecule has 4 rings (SSSR count). The van der Waals surface area contributed by atoms with Crippen molar-refractivity contribution >= 4 is 84.9 Å². The van der Waals surface area contributed by atoms with Crippen LogP contribution in [0.25, 0.3) is 0 Å². The van der Waals surface area contributed by atoms with Crippen LogP contribution in [-0.2, 0) is 35.7 Å². The van der Waals surface area contributed by atoms with Crippen LogP contribution in [-0.4, -0.2) is 108 Å². The number of likely N-dealkylation sites (tertiary alicyclic amines) is 1. The Labute approximate surface area is 214 Å². The molecule has 28 heavy (non-hydrogen) atoms. The van der Waals surface area contributed by atoms with Gasteiger partial charge in [0.2, 0.25) is 10.0 Å². The molecule has 1 heterocycles. The molecule has 6 nitrogen and oxygen atoms in total. The number of nitrogens with zero attached hydrogens (tertiary/aromatic N) is 1. The van der Waals surface area contributed by atoms with Crippen LogP contribution in [0.3, 0.4) is 0 Å². The zero-order chi connectivity index (χ0) is 19.0. The van der Waals surface area contributed by atoms with E-state index in [-0.39, 0.29) is 51.4 Å². The smallest absolute Gasteiger partial charge is 0.307 e. The first-order valence-electron chi connectivity index (χ1n) is 9.68. The van der Waals surface area contributed by atoms with Crippen molar-refractivity contribution in [3.63, 3.8) is 0 Å². The molecule has 1 aliphatic heterocycles. The molecule has 0 bridgehead atoms. The molecular formula is C19H27KN3O3S2. The van der Waals surface area contributed by atoms with Gasteiger partial charge in [-0.2, -0.15) is 11.8 Å². The van der Waals surface area contributed by atoms with Crippen molar-refractivity contribution < 1.29 is 13.2 Å². The number of thioether (sulfide) groups is 1. The number of amides is 2. The van der Waals surface area contributed by atoms with E-state index in [1.807, 2.05) is 6.26 Å². The first-order chi connectivity index (χ1) is 13.0. The molecule has 1 fully saturated rings. The molecule has 149 valence electrons. The molecule has 0 aromatic heterocycles. The van der Waals surface area contributed by atoms with Gasteiger partial charge in [0.1, 0.15) is 5.25 Å². The van der Waals surface area contributed by atoms with Gasteiger partial charge in [0.05, 0.1) is 0 Å². The predicted octanol–water partition coefficient (Wildman–Crippen LogP) is 1.78. The van der Waals surface area contributed by atoms with Gasteiger partial charge in [-0.1, -0.05) is 6.07 Å². The quantitative estimate of drug-likeness (QED) is 0.649. The van der Waals surface area contributed by atoms with Crippen molar-refractivity contribution in [3.05, 3.63) is 28.3 Å². The number of urea groups is 1. The minimum Gasteiger partial charge on any atom is -0.307 e. The van der Waals surface area contributed by atoms with Gasteiger partial charge in [-0.05, 0) is 67.0 Å². The van der Waals surface area contributed by atoms with Crippen LogP contribution in [0.4, 0.5) is 10.5 Å². The van der Waals surface area contributed by atoms with Crippen LogP contribution < -0.4 is 10.0 Å². The number of hydrogen-bond donors (Lipinski definition) is 2. The standard InChI is InChI=1S/C19H27N3O3S2.K/c1-26-9-8-22-11-15(12-22)27(24,25)21-19(23)20-18-16-6-2-4-13(16)10-14-5-3-7-17(14)18;/h10,15H,2-9,11-12H2,1H3,(H2,20,21,23);. The third-order valence-electron chi connectivity index (χ3n) is 5.92. The Morgan fingerprint density at radius 3 is 2.32 bits per heavy atom. The largest absolute Gasteiger partial charge is 0.332 e. The van der Waals surface area contributed by atoms with Crippen LogP contribution in [0.1, 0.15) is 35.1 Å². The minimum absolute atomic E-state index is 0. The van der Waals surface area contributed by atoms with Crippen molar-refractivity contribution in [3.8, 4) is 0 Å². The molecule has 1 saturated heterocycles. The summed E-state index contributed by atoms with van der Waals surface area (Å²) in [7, 11) is -3.64. The summed E-state index contributed by atoms with van der Waals surface area (Å²) in [5.74, 6) is 0.991. The first kappa shape index (κ1) is 23.1. The van der Waals surface area contributed by atoms with Gasteiger partial charge in [0.25, 0.3) is 0 Å². The fourth-order valence-corrected chi connectivity index (χ4v) is 6.17. The fourth-order valence-electron chi connectivity index (χ4n) is 4.44. The summed E-state index contributed by atoms with van der Waals surface area (Å²) in [5.41, 5.74) is 5.92. The van der Waals surface area contributed by atoms with Crippen LogP contribution in [0.5, 0.6) is 0 Å². The van der Waals surface area contributed by atoms with E-state index in [0.717, 1.165) is 56.5 Å². The summed E-state index contributed by atoms with van der Waals surface area (Å²) in [6, 6.07) is 1.68. The van der Waals surface area contributed by atoms with Crippen molar-refractivity contribution in [1.82, 2.24) is 9.62 Å². The first-order valence-corrected chi connectivity index (χ1v) is 12.6. The minimum atomic E-state index is -3.64. The molecule has 1 radical (unpaired) electrons. The summed E-state index contributed by atoms with van der Waals surface area (Å²) < 4.78 is 27.2. The van der Waals surface area contributed by atoms with E-state index in [2.05, 4.69) is 21.0 Å². The molecule has 2 N–H and O–H groups in total. The maximum atomic E-state index is 12.5. The van der Waals surface area contributed by atoms with Crippen LogP contribution in [0.15, 0.2) is 6.07 Å². The van der Waals surface area contributed by atoms with Gasteiger partial charge >= 0.3 is 6.03 Å². The molecule has 2 amide bonds. The van der Waals surface area contributed by atoms with E-state index < -0.39 is 21.3 Å². The Kier molecular flexibility index (Phi) is 7.97. The van der Waals surface area contributed by atoms with Crippen LogP contribution in [0.2, 0.25) is 0 Å². The molecule has 1 aromatic carbocycles. The Balaban J connectivity index is 0.00000225. The summed E-state index contributed by atoms with van der Waals surface area (Å²) in [6.45, 7) is 1.89. The normalized spacial score (nSPS) is 18.8. The summed E-state index contributed by atoms with van der Waals surface area (Å²) in [4.78, 5) is 14.6. The molecule has 0 spiro atoms. The second kappa shape index (κ2) is 9.68. The number of rotatable bonds is 6. The number of carbonyl (C=O) groups excluding carboxylic acids is 1. The van der Waals surface area contributed by atoms with E-state index in [0.29, 0.717) is 13.1 Å². The van der Waals surface area contributed by atoms with Gasteiger partial charge in [0, 0.05) is 82.5 Å². The molecule has 9 heteroatoms. The van der Waals surface area contributed by atoms with Crippen molar-refractivity contribution in [2.24, 2.45) is 0 Å². The van der Waals surface area contributed by atoms with Gasteiger partial charge in [-0.25, -0.2) is 17.9 Å². The maximum Gasteiger partial charge on any atom is 0.332 e. The summed E-state index contributed by atoms with van der Waals surface area (Å²) in [5, 5.41) is 2.40. The van der Waals surface area contributed by atoms with E-state index in [1.165, 1.54) is 22.3 Å². The Bertz CT molecular complexity index is 822. The number of fused-ring (bicyclic) bond motifs is 2. The average Bonchev–Trinajstić information content (AvgIpc) is 3.21. The second-order valence-corrected chi connectivity index (χ2v) is 10.7. The van der Waals surface area contributed by atoms with E-state index in [4.69, 9.17) is 0 Å². The Hall–Kier alpha value is 0.386. The maximum absolute atomic E-state index is 12.5. The molecule has 1 aromatic rings. The molecule has 0 saturated carbocycles. The van der Waals surface area contributed by atoms with Gasteiger partial charge in [-0.15, -0.1) is 0 Å². The molecule has 3 aliphatic rings. The average molecular weight is 449 g/mol. The van der Waals surface area contributed by atoms with Crippen LogP contribution in [0, 0.1) is 0 Å². The number of sulfonamides is 1. The van der Waals surface area contributed by atoms with Gasteiger partial charge in [-0.3, -0.25) is 4.90 Å². The van der Waals surface area contributed by atoms with Crippen molar-refractivity contribution in [2.75, 3.05) is 37.0 Å². The number of nitrogens with one attached hydrogen (secondary N) is 2. The van der Waals surface area contributed by atoms with Gasteiger partial charge < -0.3 is 5.32 Å². The topological polar surface area (TPSA) is 78.5 Å². The van der Waals surface area contributed by atoms with E-state index in [1.54, 1.807) is 11.8 Å². The Morgan fingerprint density at radius 2 is 1.75 bits per heavy atom. The summed E-state index contributed by atoms with van der Waals surface area (Å²) >= 11 is 1.75.